The van der Waals surface area contributed by atoms with Crippen LogP contribution in [0, 0.1) is 6.92 Å². The van der Waals surface area contributed by atoms with Gasteiger partial charge in [-0.15, -0.1) is 0 Å². The molecule has 3 aromatic heterocycles. The predicted molar refractivity (Wildman–Crippen MR) is 112 cm³/mol. The molecule has 8 heteroatoms. The zero-order valence-corrected chi connectivity index (χ0v) is 17.2. The molecule has 0 saturated heterocycles. The third kappa shape index (κ3) is 3.84. The lowest BCUT2D eigenvalue weighted by molar-refractivity contribution is 0.102. The Morgan fingerprint density at radius 3 is 2.63 bits per heavy atom. The monoisotopic (exact) mass is 402 g/mol. The molecular weight excluding hydrogens is 380 g/mol. The highest BCUT2D eigenvalue weighted by molar-refractivity contribution is 6.03. The molecule has 1 N–H and O–H groups in total. The van der Waals surface area contributed by atoms with E-state index in [1.54, 1.807) is 29.4 Å². The summed E-state index contributed by atoms with van der Waals surface area (Å²) in [6.07, 6.45) is 4.83. The molecule has 0 aliphatic heterocycles. The first-order valence-electron chi connectivity index (χ1n) is 9.54. The van der Waals surface area contributed by atoms with Crippen LogP contribution >= 0.6 is 0 Å². The number of hydrogen-bond acceptors (Lipinski definition) is 6. The second-order valence-electron chi connectivity index (χ2n) is 7.98. The molecule has 4 aromatic rings. The van der Waals surface area contributed by atoms with Crippen LogP contribution in [0.1, 0.15) is 42.6 Å². The number of pyridine rings is 1. The number of hydrogen-bond donors (Lipinski definition) is 1. The van der Waals surface area contributed by atoms with Gasteiger partial charge in [-0.25, -0.2) is 9.97 Å². The normalized spacial score (nSPS) is 11.5. The first-order chi connectivity index (χ1) is 14.3. The summed E-state index contributed by atoms with van der Waals surface area (Å²) in [5.41, 5.74) is 2.42. The highest BCUT2D eigenvalue weighted by Crippen LogP contribution is 2.27. The molecule has 0 aliphatic rings. The van der Waals surface area contributed by atoms with Crippen molar-refractivity contribution in [2.24, 2.45) is 0 Å². The lowest BCUT2D eigenvalue weighted by Gasteiger charge is -2.11. The van der Waals surface area contributed by atoms with Gasteiger partial charge in [0.15, 0.2) is 11.6 Å². The summed E-state index contributed by atoms with van der Waals surface area (Å²) < 4.78 is 7.14. The van der Waals surface area contributed by atoms with Crippen LogP contribution in [0.25, 0.3) is 17.3 Å². The number of nitrogens with one attached hydrogen (secondary N) is 1. The van der Waals surface area contributed by atoms with Gasteiger partial charge in [-0.1, -0.05) is 44.1 Å². The Hall–Kier alpha value is -3.81. The molecule has 8 nitrogen and oxygen atoms in total. The number of rotatable bonds is 4. The number of benzene rings is 1. The number of nitrogens with zero attached hydrogens (tertiary/aromatic N) is 5. The van der Waals surface area contributed by atoms with Crippen LogP contribution in [0.5, 0.6) is 0 Å². The lowest BCUT2D eigenvalue weighted by Crippen LogP contribution is -2.13. The van der Waals surface area contributed by atoms with E-state index in [2.05, 4.69) is 25.4 Å². The molecule has 0 fully saturated rings. The molecular formula is C22H22N6O2. The van der Waals surface area contributed by atoms with Crippen molar-refractivity contribution >= 4 is 11.6 Å². The molecule has 0 aliphatic carbocycles. The van der Waals surface area contributed by atoms with Crippen molar-refractivity contribution in [2.45, 2.75) is 33.1 Å². The van der Waals surface area contributed by atoms with Crippen molar-refractivity contribution in [1.82, 2.24) is 24.7 Å². The van der Waals surface area contributed by atoms with Crippen LogP contribution < -0.4 is 5.32 Å². The van der Waals surface area contributed by atoms with Gasteiger partial charge in [-0.2, -0.15) is 4.98 Å². The Morgan fingerprint density at radius 1 is 1.10 bits per heavy atom. The SMILES string of the molecule is Cc1ccccc1NC(=O)c1cn(-c2ncccc2-c2nc(C(C)(C)C)no2)cn1. The summed E-state index contributed by atoms with van der Waals surface area (Å²) in [4.78, 5) is 25.8. The van der Waals surface area contributed by atoms with Crippen molar-refractivity contribution in [3.05, 3.63) is 72.2 Å². The van der Waals surface area contributed by atoms with Crippen LogP contribution in [0.3, 0.4) is 0 Å². The highest BCUT2D eigenvalue weighted by atomic mass is 16.5. The van der Waals surface area contributed by atoms with E-state index in [-0.39, 0.29) is 17.0 Å². The number of carbonyl (C=O) groups is 1. The standard InChI is InChI=1S/C22H22N6O2/c1-14-8-5-6-10-16(14)25-19(29)17-12-28(13-24-17)18-15(9-7-11-23-18)20-26-21(27-30-20)22(2,3)4/h5-13H,1-4H3,(H,25,29). The van der Waals surface area contributed by atoms with Crippen LogP contribution in [-0.2, 0) is 5.41 Å². The van der Waals surface area contributed by atoms with Gasteiger partial charge in [0.05, 0.1) is 5.56 Å². The van der Waals surface area contributed by atoms with E-state index in [1.807, 2.05) is 58.0 Å². The molecule has 30 heavy (non-hydrogen) atoms. The van der Waals surface area contributed by atoms with Crippen LogP contribution in [0.4, 0.5) is 5.69 Å². The second-order valence-corrected chi connectivity index (χ2v) is 7.98. The van der Waals surface area contributed by atoms with Crippen molar-refractivity contribution in [3.63, 3.8) is 0 Å². The third-order valence-electron chi connectivity index (χ3n) is 4.57. The van der Waals surface area contributed by atoms with Gasteiger partial charge >= 0.3 is 0 Å². The zero-order chi connectivity index (χ0) is 21.3. The van der Waals surface area contributed by atoms with E-state index in [1.165, 1.54) is 0 Å². The Morgan fingerprint density at radius 2 is 1.90 bits per heavy atom. The van der Waals surface area contributed by atoms with Crippen molar-refractivity contribution in [1.29, 1.82) is 0 Å². The maximum absolute atomic E-state index is 12.6. The van der Waals surface area contributed by atoms with Gasteiger partial charge in [-0.3, -0.25) is 9.36 Å². The molecule has 4 rings (SSSR count). The summed E-state index contributed by atoms with van der Waals surface area (Å²) in [7, 11) is 0. The number of imidazole rings is 1. The molecule has 3 heterocycles. The predicted octanol–water partition coefficient (Wildman–Crippen LogP) is 4.18. The fraction of sp³-hybridized carbons (Fsp3) is 0.227. The first kappa shape index (κ1) is 19.5. The van der Waals surface area contributed by atoms with Crippen molar-refractivity contribution in [3.8, 4) is 17.3 Å². The molecule has 1 amide bonds. The fourth-order valence-corrected chi connectivity index (χ4v) is 2.86. The van der Waals surface area contributed by atoms with Crippen LogP contribution in [-0.4, -0.2) is 30.6 Å². The van der Waals surface area contributed by atoms with E-state index in [0.29, 0.717) is 23.1 Å². The Balaban J connectivity index is 1.64. The molecule has 152 valence electrons. The minimum atomic E-state index is -0.298. The maximum Gasteiger partial charge on any atom is 0.275 e. The van der Waals surface area contributed by atoms with Gasteiger partial charge in [0, 0.05) is 23.5 Å². The molecule has 0 spiro atoms. The summed E-state index contributed by atoms with van der Waals surface area (Å²) in [6, 6.07) is 11.2. The molecule has 0 radical (unpaired) electrons. The summed E-state index contributed by atoms with van der Waals surface area (Å²) >= 11 is 0. The summed E-state index contributed by atoms with van der Waals surface area (Å²) in [6.45, 7) is 7.98. The Bertz CT molecular complexity index is 1200. The van der Waals surface area contributed by atoms with E-state index in [0.717, 1.165) is 11.3 Å². The Kier molecular flexibility index (Phi) is 4.91. The minimum absolute atomic E-state index is 0.236. The number of aromatic nitrogens is 5. The zero-order valence-electron chi connectivity index (χ0n) is 17.2. The largest absolute Gasteiger partial charge is 0.334 e. The van der Waals surface area contributed by atoms with Crippen LogP contribution in [0.2, 0.25) is 0 Å². The van der Waals surface area contributed by atoms with E-state index in [9.17, 15) is 4.79 Å². The average molecular weight is 402 g/mol. The number of anilines is 1. The number of carbonyl (C=O) groups excluding carboxylic acids is 1. The van der Waals surface area contributed by atoms with Crippen molar-refractivity contribution in [2.75, 3.05) is 5.32 Å². The highest BCUT2D eigenvalue weighted by Gasteiger charge is 2.23. The van der Waals surface area contributed by atoms with E-state index in [4.69, 9.17) is 4.52 Å². The lowest BCUT2D eigenvalue weighted by atomic mass is 9.96. The molecule has 0 atom stereocenters. The van der Waals surface area contributed by atoms with E-state index < -0.39 is 0 Å². The summed E-state index contributed by atoms with van der Waals surface area (Å²) in [5.74, 6) is 1.22. The van der Waals surface area contributed by atoms with Gasteiger partial charge < -0.3 is 9.84 Å². The topological polar surface area (TPSA) is 98.7 Å². The van der Waals surface area contributed by atoms with Gasteiger partial charge in [-0.05, 0) is 30.7 Å². The molecule has 0 unspecified atom stereocenters. The number of para-hydroxylation sites is 1. The minimum Gasteiger partial charge on any atom is -0.334 e. The smallest absolute Gasteiger partial charge is 0.275 e. The van der Waals surface area contributed by atoms with Gasteiger partial charge in [0.2, 0.25) is 0 Å². The first-order valence-corrected chi connectivity index (χ1v) is 9.54. The van der Waals surface area contributed by atoms with Crippen molar-refractivity contribution < 1.29 is 9.32 Å². The molecule has 1 aromatic carbocycles. The summed E-state index contributed by atoms with van der Waals surface area (Å²) in [5, 5.41) is 6.97. The molecule has 0 saturated carbocycles. The maximum atomic E-state index is 12.6. The number of amides is 1. The Labute approximate surface area is 174 Å². The molecule has 0 bridgehead atoms. The third-order valence-corrected chi connectivity index (χ3v) is 4.57. The van der Waals surface area contributed by atoms with E-state index >= 15 is 0 Å². The average Bonchev–Trinajstić information content (AvgIpc) is 3.39. The number of aryl methyl sites for hydroxylation is 1. The van der Waals surface area contributed by atoms with Gasteiger partial charge in [0.1, 0.15) is 12.0 Å². The second kappa shape index (κ2) is 7.55. The quantitative estimate of drug-likeness (QED) is 0.550. The fourth-order valence-electron chi connectivity index (χ4n) is 2.86. The van der Waals surface area contributed by atoms with Gasteiger partial charge in [0.25, 0.3) is 11.8 Å². The van der Waals surface area contributed by atoms with Crippen LogP contribution in [0.15, 0.2) is 59.6 Å².